The lowest BCUT2D eigenvalue weighted by Crippen LogP contribution is -2.28. The van der Waals surface area contributed by atoms with E-state index in [0.29, 0.717) is 0 Å². The van der Waals surface area contributed by atoms with Crippen molar-refractivity contribution in [1.82, 2.24) is 24.9 Å². The number of anilines is 1. The summed E-state index contributed by atoms with van der Waals surface area (Å²) in [6.45, 7) is 1.82. The molecule has 0 aliphatic heterocycles. The Labute approximate surface area is 212 Å². The number of amides is 1. The molecule has 1 fully saturated rings. The van der Waals surface area contributed by atoms with Gasteiger partial charge in [0.1, 0.15) is 17.1 Å². The number of benzene rings is 1. The van der Waals surface area contributed by atoms with Gasteiger partial charge in [-0.05, 0) is 37.0 Å². The van der Waals surface area contributed by atoms with E-state index >= 15 is 0 Å². The van der Waals surface area contributed by atoms with Crippen LogP contribution in [0.3, 0.4) is 0 Å². The molecule has 1 aliphatic rings. The van der Waals surface area contributed by atoms with Gasteiger partial charge in [-0.15, -0.1) is 0 Å². The third-order valence-electron chi connectivity index (χ3n) is 6.51. The summed E-state index contributed by atoms with van der Waals surface area (Å²) in [5.74, 6) is -2.63. The Bertz CT molecular complexity index is 1520. The Morgan fingerprint density at radius 3 is 2.55 bits per heavy atom. The Balaban J connectivity index is 1.25. The van der Waals surface area contributed by atoms with Gasteiger partial charge in [-0.3, -0.25) is 9.48 Å². The smallest absolute Gasteiger partial charge is 0.358 e. The van der Waals surface area contributed by atoms with Gasteiger partial charge < -0.3 is 9.84 Å². The predicted molar refractivity (Wildman–Crippen MR) is 124 cm³/mol. The predicted octanol–water partition coefficient (Wildman–Crippen LogP) is 4.82. The quantitative estimate of drug-likeness (QED) is 0.271. The first-order valence-corrected chi connectivity index (χ1v) is 11.6. The summed E-state index contributed by atoms with van der Waals surface area (Å²) < 4.78 is 75.7. The molecule has 4 aromatic rings. The van der Waals surface area contributed by atoms with Gasteiger partial charge in [-0.2, -0.15) is 22.7 Å². The maximum atomic E-state index is 14.8. The Morgan fingerprint density at radius 2 is 1.95 bits per heavy atom. The van der Waals surface area contributed by atoms with Crippen LogP contribution in [0, 0.1) is 18.7 Å². The van der Waals surface area contributed by atoms with E-state index in [1.54, 1.807) is 17.9 Å². The molecule has 0 saturated heterocycles. The second kappa shape index (κ2) is 9.30. The van der Waals surface area contributed by atoms with Crippen molar-refractivity contribution in [2.24, 2.45) is 7.05 Å². The average molecular weight is 532 g/mol. The molecule has 38 heavy (non-hydrogen) atoms. The van der Waals surface area contributed by atoms with E-state index < -0.39 is 35.7 Å². The van der Waals surface area contributed by atoms with Gasteiger partial charge in [0.25, 0.3) is 0 Å². The number of alkyl halides is 3. The Kier molecular flexibility index (Phi) is 6.24. The number of hydrogen-bond acceptors (Lipinski definition) is 6. The average Bonchev–Trinajstić information content (AvgIpc) is 3.44. The highest BCUT2D eigenvalue weighted by atomic mass is 19.4. The van der Waals surface area contributed by atoms with Gasteiger partial charge >= 0.3 is 6.18 Å². The summed E-state index contributed by atoms with van der Waals surface area (Å²) in [6.07, 6.45) is -1.81. The summed E-state index contributed by atoms with van der Waals surface area (Å²) in [5.41, 5.74) is -0.285. The molecule has 13 heteroatoms. The largest absolute Gasteiger partial charge is 0.401 e. The second-order valence-electron chi connectivity index (χ2n) is 9.27. The minimum absolute atomic E-state index is 0.00563. The highest BCUT2D eigenvalue weighted by molar-refractivity contribution is 5.91. The number of halogens is 5. The summed E-state index contributed by atoms with van der Waals surface area (Å²) in [5, 5.41) is 10.0. The standard InChI is InChI=1S/C25H21F5N6O2/c1-13-16(12-36(2)34-13)8-20-31-11-17(23(27)33-20)14-3-4-15(18(26)7-14)9-22(37)32-21-10-19(38-35-21)24(5-6-24)25(28,29)30/h3-4,7,10-12H,5-6,8-9H2,1-2H3,(H,32,35,37). The zero-order valence-electron chi connectivity index (χ0n) is 20.2. The molecule has 5 rings (SSSR count). The van der Waals surface area contributed by atoms with Crippen molar-refractivity contribution in [3.05, 3.63) is 76.8 Å². The van der Waals surface area contributed by atoms with Crippen LogP contribution in [0.25, 0.3) is 11.1 Å². The molecule has 3 heterocycles. The van der Waals surface area contributed by atoms with E-state index in [0.717, 1.165) is 23.4 Å². The number of rotatable bonds is 7. The van der Waals surface area contributed by atoms with Crippen LogP contribution in [0.5, 0.6) is 0 Å². The lowest BCUT2D eigenvalue weighted by Gasteiger charge is -2.14. The van der Waals surface area contributed by atoms with Crippen LogP contribution in [0.2, 0.25) is 0 Å². The van der Waals surface area contributed by atoms with Gasteiger partial charge in [0.15, 0.2) is 11.6 Å². The molecule has 1 N–H and O–H groups in total. The maximum absolute atomic E-state index is 14.8. The molecule has 1 aliphatic carbocycles. The summed E-state index contributed by atoms with van der Waals surface area (Å²) in [6, 6.07) is 4.82. The number of nitrogens with zero attached hydrogens (tertiary/aromatic N) is 5. The lowest BCUT2D eigenvalue weighted by molar-refractivity contribution is -0.165. The number of carbonyl (C=O) groups excluding carboxylic acids is 1. The van der Waals surface area contributed by atoms with Gasteiger partial charge in [0.2, 0.25) is 11.9 Å². The molecule has 198 valence electrons. The first-order chi connectivity index (χ1) is 17.9. The number of aryl methyl sites for hydroxylation is 2. The molecular formula is C25H21F5N6O2. The van der Waals surface area contributed by atoms with Crippen LogP contribution in [-0.2, 0) is 30.1 Å². The second-order valence-corrected chi connectivity index (χ2v) is 9.27. The molecule has 1 amide bonds. The summed E-state index contributed by atoms with van der Waals surface area (Å²) in [7, 11) is 1.77. The third-order valence-corrected chi connectivity index (χ3v) is 6.51. The molecule has 0 atom stereocenters. The molecule has 0 radical (unpaired) electrons. The molecule has 0 unspecified atom stereocenters. The molecule has 0 bridgehead atoms. The van der Waals surface area contributed by atoms with Crippen LogP contribution < -0.4 is 5.32 Å². The van der Waals surface area contributed by atoms with Crippen molar-refractivity contribution < 1.29 is 31.3 Å². The van der Waals surface area contributed by atoms with Crippen molar-refractivity contribution >= 4 is 11.7 Å². The number of nitrogens with one attached hydrogen (secondary N) is 1. The van der Waals surface area contributed by atoms with Gasteiger partial charge in [-0.25, -0.2) is 14.4 Å². The third kappa shape index (κ3) is 4.87. The Hall–Kier alpha value is -4.16. The van der Waals surface area contributed by atoms with Crippen molar-refractivity contribution in [2.75, 3.05) is 5.32 Å². The summed E-state index contributed by atoms with van der Waals surface area (Å²) >= 11 is 0. The highest BCUT2D eigenvalue weighted by Crippen LogP contribution is 2.59. The van der Waals surface area contributed by atoms with E-state index in [1.807, 2.05) is 6.92 Å². The first-order valence-electron chi connectivity index (χ1n) is 11.6. The molecule has 1 saturated carbocycles. The Morgan fingerprint density at radius 1 is 1.18 bits per heavy atom. The molecule has 3 aromatic heterocycles. The number of aromatic nitrogens is 5. The fourth-order valence-corrected chi connectivity index (χ4v) is 4.24. The van der Waals surface area contributed by atoms with Crippen LogP contribution in [0.15, 0.2) is 41.2 Å². The molecule has 0 spiro atoms. The van der Waals surface area contributed by atoms with Gasteiger partial charge in [-0.1, -0.05) is 17.3 Å². The summed E-state index contributed by atoms with van der Waals surface area (Å²) in [4.78, 5) is 20.4. The monoisotopic (exact) mass is 532 g/mol. The van der Waals surface area contributed by atoms with Crippen LogP contribution in [0.4, 0.5) is 27.8 Å². The van der Waals surface area contributed by atoms with E-state index in [-0.39, 0.29) is 53.4 Å². The maximum Gasteiger partial charge on any atom is 0.401 e. The van der Waals surface area contributed by atoms with Crippen molar-refractivity contribution in [1.29, 1.82) is 0 Å². The fourth-order valence-electron chi connectivity index (χ4n) is 4.24. The van der Waals surface area contributed by atoms with Gasteiger partial charge in [0.05, 0.1) is 17.7 Å². The normalized spacial score (nSPS) is 14.5. The van der Waals surface area contributed by atoms with Crippen molar-refractivity contribution in [2.45, 2.75) is 44.2 Å². The SMILES string of the molecule is Cc1nn(C)cc1Cc1ncc(-c2ccc(CC(=O)Nc3cc(C4(C(F)(F)F)CC4)on3)c(F)c2)c(F)n1. The topological polar surface area (TPSA) is 98.7 Å². The van der Waals surface area contributed by atoms with Crippen LogP contribution in [0.1, 0.15) is 41.2 Å². The minimum Gasteiger partial charge on any atom is -0.358 e. The molecule has 1 aromatic carbocycles. The van der Waals surface area contributed by atoms with Crippen molar-refractivity contribution in [3.8, 4) is 11.1 Å². The fraction of sp³-hybridized carbons (Fsp3) is 0.320. The molecular weight excluding hydrogens is 511 g/mol. The van der Waals surface area contributed by atoms with E-state index in [2.05, 4.69) is 25.5 Å². The highest BCUT2D eigenvalue weighted by Gasteiger charge is 2.66. The minimum atomic E-state index is -4.48. The van der Waals surface area contributed by atoms with Crippen LogP contribution >= 0.6 is 0 Å². The van der Waals surface area contributed by atoms with E-state index in [1.165, 1.54) is 18.3 Å². The zero-order valence-corrected chi connectivity index (χ0v) is 20.2. The lowest BCUT2D eigenvalue weighted by atomic mass is 10.0. The first kappa shape index (κ1) is 25.5. The molecule has 8 nitrogen and oxygen atoms in total. The van der Waals surface area contributed by atoms with Crippen molar-refractivity contribution in [3.63, 3.8) is 0 Å². The number of hydrogen-bond donors (Lipinski definition) is 1. The van der Waals surface area contributed by atoms with Crippen LogP contribution in [-0.4, -0.2) is 37.0 Å². The van der Waals surface area contributed by atoms with Gasteiger partial charge in [0, 0.05) is 37.5 Å². The van der Waals surface area contributed by atoms with E-state index in [4.69, 9.17) is 4.52 Å². The zero-order chi connectivity index (χ0) is 27.2. The number of carbonyl (C=O) groups is 1. The van der Waals surface area contributed by atoms with E-state index in [9.17, 15) is 26.7 Å².